The van der Waals surface area contributed by atoms with Crippen molar-refractivity contribution in [2.75, 3.05) is 52.4 Å². The van der Waals surface area contributed by atoms with Gasteiger partial charge in [-0.3, -0.25) is 9.69 Å². The number of nitrogens with zero attached hydrogens (tertiary/aromatic N) is 1. The van der Waals surface area contributed by atoms with Gasteiger partial charge in [0.25, 0.3) is 0 Å². The van der Waals surface area contributed by atoms with Crippen molar-refractivity contribution >= 4 is 5.97 Å². The standard InChI is InChI=1S/C18H30N4O2/c23-18(24)15-22-13-12-20-9-8-19-10-11-21-14-17(22)7-6-16-4-2-1-3-5-16/h1-5,17,19-21H,6-15H2,(H,23,24). The summed E-state index contributed by atoms with van der Waals surface area (Å²) in [6, 6.07) is 10.6. The van der Waals surface area contributed by atoms with E-state index < -0.39 is 5.97 Å². The maximum atomic E-state index is 11.3. The predicted molar refractivity (Wildman–Crippen MR) is 96.4 cm³/mol. The Morgan fingerprint density at radius 2 is 1.71 bits per heavy atom. The molecule has 0 spiro atoms. The van der Waals surface area contributed by atoms with Crippen LogP contribution in [0.5, 0.6) is 0 Å². The molecular formula is C18H30N4O2. The monoisotopic (exact) mass is 334 g/mol. The van der Waals surface area contributed by atoms with Crippen LogP contribution >= 0.6 is 0 Å². The van der Waals surface area contributed by atoms with E-state index in [0.29, 0.717) is 0 Å². The second-order valence-corrected chi connectivity index (χ2v) is 6.25. The first-order valence-corrected chi connectivity index (χ1v) is 8.87. The van der Waals surface area contributed by atoms with Crippen LogP contribution in [0.25, 0.3) is 0 Å². The van der Waals surface area contributed by atoms with E-state index in [1.807, 2.05) is 6.07 Å². The third kappa shape index (κ3) is 7.40. The van der Waals surface area contributed by atoms with Gasteiger partial charge in [0, 0.05) is 51.9 Å². The lowest BCUT2D eigenvalue weighted by Crippen LogP contribution is -2.49. The van der Waals surface area contributed by atoms with Gasteiger partial charge in [0.05, 0.1) is 6.54 Å². The minimum Gasteiger partial charge on any atom is -0.480 e. The summed E-state index contributed by atoms with van der Waals surface area (Å²) >= 11 is 0. The number of nitrogens with one attached hydrogen (secondary N) is 3. The summed E-state index contributed by atoms with van der Waals surface area (Å²) < 4.78 is 0. The van der Waals surface area contributed by atoms with Gasteiger partial charge in [-0.15, -0.1) is 0 Å². The zero-order valence-electron chi connectivity index (χ0n) is 14.3. The van der Waals surface area contributed by atoms with E-state index >= 15 is 0 Å². The van der Waals surface area contributed by atoms with E-state index in [4.69, 9.17) is 0 Å². The SMILES string of the molecule is O=C(O)CN1CCNCCNCCNCC1CCc1ccccc1. The molecule has 1 unspecified atom stereocenters. The molecule has 134 valence electrons. The van der Waals surface area contributed by atoms with Crippen molar-refractivity contribution in [3.8, 4) is 0 Å². The topological polar surface area (TPSA) is 76.6 Å². The number of rotatable bonds is 5. The Hall–Kier alpha value is -1.47. The molecule has 1 aromatic carbocycles. The average molecular weight is 334 g/mol. The van der Waals surface area contributed by atoms with Crippen molar-refractivity contribution < 1.29 is 9.90 Å². The molecule has 1 saturated heterocycles. The van der Waals surface area contributed by atoms with E-state index in [-0.39, 0.29) is 12.6 Å². The normalized spacial score (nSPS) is 21.6. The molecule has 1 atom stereocenters. The highest BCUT2D eigenvalue weighted by atomic mass is 16.4. The van der Waals surface area contributed by atoms with Gasteiger partial charge < -0.3 is 21.1 Å². The van der Waals surface area contributed by atoms with Crippen LogP contribution in [-0.4, -0.2) is 74.4 Å². The van der Waals surface area contributed by atoms with Gasteiger partial charge in [-0.05, 0) is 18.4 Å². The minimum absolute atomic E-state index is 0.0983. The predicted octanol–water partition coefficient (Wildman–Crippen LogP) is 0.157. The van der Waals surface area contributed by atoms with Crippen LogP contribution in [0, 0.1) is 0 Å². The molecule has 0 aliphatic carbocycles. The van der Waals surface area contributed by atoms with Crippen LogP contribution < -0.4 is 16.0 Å². The van der Waals surface area contributed by atoms with Gasteiger partial charge in [-0.1, -0.05) is 30.3 Å². The number of aryl methyl sites for hydroxylation is 1. The number of benzene rings is 1. The van der Waals surface area contributed by atoms with E-state index in [1.165, 1.54) is 5.56 Å². The van der Waals surface area contributed by atoms with Crippen LogP contribution in [0.3, 0.4) is 0 Å². The summed E-state index contributed by atoms with van der Waals surface area (Å²) in [6.07, 6.45) is 1.92. The number of carbonyl (C=O) groups is 1. The number of hydrogen-bond acceptors (Lipinski definition) is 5. The summed E-state index contributed by atoms with van der Waals surface area (Å²) in [5, 5.41) is 19.5. The Balaban J connectivity index is 1.97. The first kappa shape index (κ1) is 18.9. The summed E-state index contributed by atoms with van der Waals surface area (Å²) in [7, 11) is 0. The molecule has 4 N–H and O–H groups in total. The largest absolute Gasteiger partial charge is 0.480 e. The maximum absolute atomic E-state index is 11.3. The molecule has 6 heteroatoms. The van der Waals surface area contributed by atoms with Gasteiger partial charge in [0.15, 0.2) is 0 Å². The van der Waals surface area contributed by atoms with Crippen molar-refractivity contribution in [1.29, 1.82) is 0 Å². The Morgan fingerprint density at radius 3 is 2.42 bits per heavy atom. The van der Waals surface area contributed by atoms with E-state index in [0.717, 1.165) is 58.7 Å². The molecule has 1 fully saturated rings. The van der Waals surface area contributed by atoms with Gasteiger partial charge >= 0.3 is 5.97 Å². The van der Waals surface area contributed by atoms with Gasteiger partial charge in [0.1, 0.15) is 0 Å². The average Bonchev–Trinajstić information content (AvgIpc) is 2.57. The highest BCUT2D eigenvalue weighted by molar-refractivity contribution is 5.69. The Labute approximate surface area is 144 Å². The maximum Gasteiger partial charge on any atom is 0.317 e. The number of carboxylic acids is 1. The lowest BCUT2D eigenvalue weighted by Gasteiger charge is -2.31. The molecule has 2 rings (SSSR count). The molecule has 1 aromatic rings. The molecule has 0 radical (unpaired) electrons. The zero-order chi connectivity index (χ0) is 17.0. The molecule has 0 aromatic heterocycles. The molecule has 1 heterocycles. The molecule has 1 aliphatic heterocycles. The lowest BCUT2D eigenvalue weighted by atomic mass is 10.0. The fraction of sp³-hybridized carbons (Fsp3) is 0.611. The first-order chi connectivity index (χ1) is 11.8. The number of hydrogen-bond donors (Lipinski definition) is 4. The fourth-order valence-corrected chi connectivity index (χ4v) is 3.05. The molecular weight excluding hydrogens is 304 g/mol. The quantitative estimate of drug-likeness (QED) is 0.614. The van der Waals surface area contributed by atoms with Gasteiger partial charge in [-0.25, -0.2) is 0 Å². The number of carboxylic acid groups (broad SMARTS) is 1. The van der Waals surface area contributed by atoms with Crippen LogP contribution in [-0.2, 0) is 11.2 Å². The Kier molecular flexibility index (Phi) is 8.76. The Morgan fingerprint density at radius 1 is 1.04 bits per heavy atom. The van der Waals surface area contributed by atoms with Crippen molar-refractivity contribution in [1.82, 2.24) is 20.9 Å². The van der Waals surface area contributed by atoms with Crippen LogP contribution in [0.2, 0.25) is 0 Å². The lowest BCUT2D eigenvalue weighted by molar-refractivity contribution is -0.138. The minimum atomic E-state index is -0.756. The van der Waals surface area contributed by atoms with E-state index in [2.05, 4.69) is 45.1 Å². The number of aliphatic carboxylic acids is 1. The van der Waals surface area contributed by atoms with Crippen molar-refractivity contribution in [3.63, 3.8) is 0 Å². The van der Waals surface area contributed by atoms with Crippen LogP contribution in [0.1, 0.15) is 12.0 Å². The summed E-state index contributed by atoms with van der Waals surface area (Å²) in [4.78, 5) is 13.4. The summed E-state index contributed by atoms with van der Waals surface area (Å²) in [5.74, 6) is -0.756. The van der Waals surface area contributed by atoms with Gasteiger partial charge in [-0.2, -0.15) is 0 Å². The molecule has 0 bridgehead atoms. The molecule has 1 aliphatic rings. The highest BCUT2D eigenvalue weighted by Crippen LogP contribution is 2.10. The second kappa shape index (κ2) is 11.1. The van der Waals surface area contributed by atoms with E-state index in [9.17, 15) is 9.90 Å². The first-order valence-electron chi connectivity index (χ1n) is 8.87. The second-order valence-electron chi connectivity index (χ2n) is 6.25. The zero-order valence-corrected chi connectivity index (χ0v) is 14.3. The molecule has 24 heavy (non-hydrogen) atoms. The third-order valence-electron chi connectivity index (χ3n) is 4.38. The van der Waals surface area contributed by atoms with Crippen molar-refractivity contribution in [3.05, 3.63) is 35.9 Å². The highest BCUT2D eigenvalue weighted by Gasteiger charge is 2.20. The molecule has 0 saturated carbocycles. The summed E-state index contributed by atoms with van der Waals surface area (Å²) in [6.45, 7) is 6.19. The van der Waals surface area contributed by atoms with Gasteiger partial charge in [0.2, 0.25) is 0 Å². The molecule has 0 amide bonds. The third-order valence-corrected chi connectivity index (χ3v) is 4.38. The van der Waals surface area contributed by atoms with Crippen LogP contribution in [0.15, 0.2) is 30.3 Å². The smallest absolute Gasteiger partial charge is 0.317 e. The van der Waals surface area contributed by atoms with E-state index in [1.54, 1.807) is 0 Å². The van der Waals surface area contributed by atoms with Crippen LogP contribution in [0.4, 0.5) is 0 Å². The van der Waals surface area contributed by atoms with Crippen molar-refractivity contribution in [2.45, 2.75) is 18.9 Å². The van der Waals surface area contributed by atoms with Crippen molar-refractivity contribution in [2.24, 2.45) is 0 Å². The fourth-order valence-electron chi connectivity index (χ4n) is 3.05. The molecule has 6 nitrogen and oxygen atoms in total. The summed E-state index contributed by atoms with van der Waals surface area (Å²) in [5.41, 5.74) is 1.30. The Bertz CT molecular complexity index is 469.